The van der Waals surface area contributed by atoms with Crippen molar-refractivity contribution < 1.29 is 13.6 Å². The Labute approximate surface area is 158 Å². The van der Waals surface area contributed by atoms with Crippen molar-refractivity contribution in [1.82, 2.24) is 9.78 Å². The molecule has 0 saturated heterocycles. The van der Waals surface area contributed by atoms with Crippen LogP contribution in [0.5, 0.6) is 0 Å². The highest BCUT2D eigenvalue weighted by Crippen LogP contribution is 2.60. The minimum absolute atomic E-state index is 0.0555. The van der Waals surface area contributed by atoms with Gasteiger partial charge in [-0.25, -0.2) is 8.78 Å². The Morgan fingerprint density at radius 3 is 2.73 bits per heavy atom. The zero-order valence-electron chi connectivity index (χ0n) is 13.8. The second kappa shape index (κ2) is 6.35. The van der Waals surface area contributed by atoms with E-state index in [1.54, 1.807) is 6.07 Å². The third-order valence-corrected chi connectivity index (χ3v) is 5.57. The lowest BCUT2D eigenvalue weighted by Crippen LogP contribution is -2.16. The van der Waals surface area contributed by atoms with E-state index in [9.17, 15) is 13.6 Å². The molecule has 0 unspecified atom stereocenters. The van der Waals surface area contributed by atoms with E-state index in [1.165, 1.54) is 17.9 Å². The molecule has 1 saturated carbocycles. The summed E-state index contributed by atoms with van der Waals surface area (Å²) in [5, 5.41) is 6.46. The van der Waals surface area contributed by atoms with Crippen molar-refractivity contribution in [2.24, 2.45) is 7.05 Å². The summed E-state index contributed by atoms with van der Waals surface area (Å²) in [7, 11) is 1.50. The molecule has 2 aromatic rings. The molecule has 8 heteroatoms. The van der Waals surface area contributed by atoms with E-state index in [0.717, 1.165) is 29.5 Å². The van der Waals surface area contributed by atoms with Gasteiger partial charge in [0.05, 0.1) is 5.56 Å². The van der Waals surface area contributed by atoms with Gasteiger partial charge in [-0.15, -0.1) is 0 Å². The number of aryl methyl sites for hydroxylation is 1. The molecule has 0 spiro atoms. The Morgan fingerprint density at radius 2 is 2.04 bits per heavy atom. The van der Waals surface area contributed by atoms with Crippen LogP contribution in [0.2, 0.25) is 0 Å². The number of alkyl halides is 2. The van der Waals surface area contributed by atoms with E-state index in [1.807, 2.05) is 12.1 Å². The summed E-state index contributed by atoms with van der Waals surface area (Å²) in [6.45, 7) is 0. The maximum absolute atomic E-state index is 13.1. The normalized spacial score (nSPS) is 20.6. The van der Waals surface area contributed by atoms with E-state index < -0.39 is 18.0 Å². The second-order valence-corrected chi connectivity index (χ2v) is 7.51. The van der Waals surface area contributed by atoms with Crippen LogP contribution >= 0.6 is 23.2 Å². The van der Waals surface area contributed by atoms with Crippen molar-refractivity contribution in [3.8, 4) is 0 Å². The summed E-state index contributed by atoms with van der Waals surface area (Å²) in [6.07, 6.45) is 0.343. The number of amides is 1. The number of nitrogens with one attached hydrogen (secondary N) is 1. The van der Waals surface area contributed by atoms with E-state index in [4.69, 9.17) is 23.2 Å². The fourth-order valence-electron chi connectivity index (χ4n) is 4.19. The van der Waals surface area contributed by atoms with Gasteiger partial charge in [-0.3, -0.25) is 9.48 Å². The summed E-state index contributed by atoms with van der Waals surface area (Å²) in [4.78, 5) is 12.6. The standard InChI is InChI=1S/C18H15Cl2F2N3O/c1-25-7-11(15(24-25)17(21)22)18(26)23-12-4-2-3-8-9-5-6-10(13(8)12)14(9)16(19)20/h2-4,7,9-10,17H,5-6H2,1H3,(H,23,26)/t9-,10-/m1/s1. The lowest BCUT2D eigenvalue weighted by atomic mass is 9.90. The Morgan fingerprint density at radius 1 is 1.31 bits per heavy atom. The van der Waals surface area contributed by atoms with Crippen molar-refractivity contribution in [3.63, 3.8) is 0 Å². The first kappa shape index (κ1) is 17.5. The van der Waals surface area contributed by atoms with Gasteiger partial charge in [0.15, 0.2) is 0 Å². The van der Waals surface area contributed by atoms with Crippen LogP contribution in [0.4, 0.5) is 14.5 Å². The minimum atomic E-state index is -2.82. The first-order valence-corrected chi connectivity index (χ1v) is 8.95. The van der Waals surface area contributed by atoms with Crippen molar-refractivity contribution in [2.45, 2.75) is 31.1 Å². The summed E-state index contributed by atoms with van der Waals surface area (Å²) >= 11 is 12.2. The smallest absolute Gasteiger partial charge is 0.282 e. The van der Waals surface area contributed by atoms with Crippen molar-refractivity contribution in [2.75, 3.05) is 5.32 Å². The van der Waals surface area contributed by atoms with Crippen molar-refractivity contribution >= 4 is 34.8 Å². The number of hydrogen-bond donors (Lipinski definition) is 1. The molecule has 1 heterocycles. The highest BCUT2D eigenvalue weighted by atomic mass is 35.5. The van der Waals surface area contributed by atoms with Gasteiger partial charge in [0.1, 0.15) is 10.2 Å². The second-order valence-electron chi connectivity index (χ2n) is 6.56. The molecule has 1 amide bonds. The summed E-state index contributed by atoms with van der Waals surface area (Å²) in [6, 6.07) is 5.61. The molecular weight excluding hydrogens is 383 g/mol. The minimum Gasteiger partial charge on any atom is -0.322 e. The van der Waals surface area contributed by atoms with E-state index in [2.05, 4.69) is 10.4 Å². The van der Waals surface area contributed by atoms with Crippen LogP contribution in [0, 0.1) is 0 Å². The average molecular weight is 398 g/mol. The zero-order chi connectivity index (χ0) is 18.6. The number of halogens is 4. The first-order valence-electron chi connectivity index (χ1n) is 8.19. The molecule has 2 bridgehead atoms. The Hall–Kier alpha value is -1.92. The molecule has 0 radical (unpaired) electrons. The van der Waals surface area contributed by atoms with E-state index in [-0.39, 0.29) is 21.9 Å². The Kier molecular flexibility index (Phi) is 4.28. The number of anilines is 1. The van der Waals surface area contributed by atoms with E-state index >= 15 is 0 Å². The van der Waals surface area contributed by atoms with Crippen LogP contribution < -0.4 is 5.32 Å². The highest BCUT2D eigenvalue weighted by Gasteiger charge is 2.44. The van der Waals surface area contributed by atoms with Gasteiger partial charge in [0.2, 0.25) is 0 Å². The number of benzene rings is 1. The van der Waals surface area contributed by atoms with Crippen LogP contribution in [0.15, 0.2) is 34.5 Å². The predicted molar refractivity (Wildman–Crippen MR) is 96.0 cm³/mol. The predicted octanol–water partition coefficient (Wildman–Crippen LogP) is 5.27. The molecule has 26 heavy (non-hydrogen) atoms. The molecule has 2 aliphatic carbocycles. The number of carbonyl (C=O) groups excluding carboxylic acids is 1. The molecule has 1 fully saturated rings. The highest BCUT2D eigenvalue weighted by molar-refractivity contribution is 6.56. The number of carbonyl (C=O) groups is 1. The average Bonchev–Trinajstić information content (AvgIpc) is 3.26. The number of allylic oxidation sites excluding steroid dienone is 1. The van der Waals surface area contributed by atoms with Crippen LogP contribution in [-0.2, 0) is 7.05 Å². The largest absolute Gasteiger partial charge is 0.322 e. The van der Waals surface area contributed by atoms with Gasteiger partial charge in [0.25, 0.3) is 12.3 Å². The number of aromatic nitrogens is 2. The van der Waals surface area contributed by atoms with Gasteiger partial charge in [-0.2, -0.15) is 5.10 Å². The van der Waals surface area contributed by atoms with Gasteiger partial charge in [0, 0.05) is 30.8 Å². The number of nitrogens with zero attached hydrogens (tertiary/aromatic N) is 2. The van der Waals surface area contributed by atoms with Gasteiger partial charge in [-0.1, -0.05) is 35.3 Å². The molecule has 4 rings (SSSR count). The van der Waals surface area contributed by atoms with Crippen LogP contribution in [-0.4, -0.2) is 15.7 Å². The molecular formula is C18H15Cl2F2N3O. The van der Waals surface area contributed by atoms with E-state index in [0.29, 0.717) is 5.69 Å². The summed E-state index contributed by atoms with van der Waals surface area (Å²) < 4.78 is 27.7. The third kappa shape index (κ3) is 2.63. The lowest BCUT2D eigenvalue weighted by molar-refractivity contribution is 0.101. The first-order chi connectivity index (χ1) is 12.4. The lowest BCUT2D eigenvalue weighted by Gasteiger charge is -2.18. The van der Waals surface area contributed by atoms with Gasteiger partial charge < -0.3 is 5.32 Å². The van der Waals surface area contributed by atoms with Crippen LogP contribution in [0.1, 0.15) is 58.3 Å². The molecule has 2 aliphatic rings. The molecule has 0 aliphatic heterocycles. The van der Waals surface area contributed by atoms with Crippen molar-refractivity contribution in [1.29, 1.82) is 0 Å². The Balaban J connectivity index is 1.71. The fourth-order valence-corrected chi connectivity index (χ4v) is 4.72. The molecule has 4 nitrogen and oxygen atoms in total. The molecule has 136 valence electrons. The molecule has 1 aromatic carbocycles. The van der Waals surface area contributed by atoms with Gasteiger partial charge >= 0.3 is 0 Å². The van der Waals surface area contributed by atoms with Crippen molar-refractivity contribution in [3.05, 3.63) is 56.8 Å². The van der Waals surface area contributed by atoms with Gasteiger partial charge in [-0.05, 0) is 35.6 Å². The fraction of sp³-hybridized carbons (Fsp3) is 0.333. The maximum atomic E-state index is 13.1. The zero-order valence-corrected chi connectivity index (χ0v) is 15.3. The monoisotopic (exact) mass is 397 g/mol. The number of hydrogen-bond acceptors (Lipinski definition) is 2. The number of rotatable bonds is 3. The topological polar surface area (TPSA) is 46.9 Å². The molecule has 1 aromatic heterocycles. The molecule has 1 N–H and O–H groups in total. The summed E-state index contributed by atoms with van der Waals surface area (Å²) in [5.41, 5.74) is 3.01. The SMILES string of the molecule is Cn1cc(C(=O)Nc2cccc3c2[C@H]2CC[C@H]3C2=C(Cl)Cl)c(C(F)F)n1. The van der Waals surface area contributed by atoms with Crippen LogP contribution in [0.3, 0.4) is 0 Å². The third-order valence-electron chi connectivity index (χ3n) is 5.13. The summed E-state index contributed by atoms with van der Waals surface area (Å²) in [5.74, 6) is -0.390. The quantitative estimate of drug-likeness (QED) is 0.766. The van der Waals surface area contributed by atoms with Crippen LogP contribution in [0.25, 0.3) is 0 Å². The Bertz CT molecular complexity index is 935. The number of fused-ring (bicyclic) bond motifs is 5. The molecule has 2 atom stereocenters. The maximum Gasteiger partial charge on any atom is 0.282 e.